The zero-order chi connectivity index (χ0) is 21.9. The van der Waals surface area contributed by atoms with E-state index < -0.39 is 0 Å². The van der Waals surface area contributed by atoms with Gasteiger partial charge in [-0.1, -0.05) is 35.9 Å². The summed E-state index contributed by atoms with van der Waals surface area (Å²) in [5.74, 6) is 2.04. The molecule has 1 aromatic heterocycles. The quantitative estimate of drug-likeness (QED) is 0.304. The molecule has 0 aliphatic carbocycles. The van der Waals surface area contributed by atoms with Crippen molar-refractivity contribution in [1.82, 2.24) is 10.3 Å². The molecule has 2 aromatic carbocycles. The van der Waals surface area contributed by atoms with Gasteiger partial charge in [-0.2, -0.15) is 0 Å². The fourth-order valence-electron chi connectivity index (χ4n) is 2.93. The van der Waals surface area contributed by atoms with Gasteiger partial charge in [0.25, 0.3) is 0 Å². The Hall–Kier alpha value is -2.28. The first-order valence-electron chi connectivity index (χ1n) is 10.2. The smallest absolute Gasteiger partial charge is 0.213 e. The van der Waals surface area contributed by atoms with Crippen LogP contribution in [0, 0.1) is 0 Å². The number of ether oxygens (including phenoxy) is 3. The molecule has 0 unspecified atom stereocenters. The van der Waals surface area contributed by atoms with E-state index >= 15 is 0 Å². The summed E-state index contributed by atoms with van der Waals surface area (Å²) in [6, 6.07) is 17.3. The third kappa shape index (κ3) is 7.42. The maximum atomic E-state index is 6.24. The molecule has 0 spiro atoms. The van der Waals surface area contributed by atoms with E-state index in [1.807, 2.05) is 61.5 Å². The monoisotopic (exact) mass is 504 g/mol. The Labute approximate surface area is 196 Å². The molecule has 1 N–H and O–H groups in total. The second kappa shape index (κ2) is 12.5. The number of hydrogen-bond acceptors (Lipinski definition) is 5. The van der Waals surface area contributed by atoms with E-state index in [0.29, 0.717) is 48.8 Å². The first-order valence-corrected chi connectivity index (χ1v) is 11.4. The van der Waals surface area contributed by atoms with E-state index in [9.17, 15) is 0 Å². The van der Waals surface area contributed by atoms with E-state index in [2.05, 4.69) is 26.2 Å². The number of aromatic nitrogens is 1. The molecule has 7 heteroatoms. The molecule has 3 rings (SSSR count). The van der Waals surface area contributed by atoms with Gasteiger partial charge in [0.15, 0.2) is 11.5 Å². The Morgan fingerprint density at radius 1 is 1.03 bits per heavy atom. The minimum atomic E-state index is 0.367. The van der Waals surface area contributed by atoms with Crippen molar-refractivity contribution >= 4 is 27.5 Å². The number of hydrogen-bond donors (Lipinski definition) is 1. The standard InChI is InChI=1S/C24H26BrClN2O3/c1-2-29-22-15-18(16-27-11-7-13-30-23-10-5-6-12-28-23)14-20(25)24(22)31-17-19-8-3-4-9-21(19)26/h3-6,8-10,12,14-15,27H,2,7,11,13,16-17H2,1H3. The zero-order valence-corrected chi connectivity index (χ0v) is 19.8. The highest BCUT2D eigenvalue weighted by Gasteiger charge is 2.13. The summed E-state index contributed by atoms with van der Waals surface area (Å²) >= 11 is 9.87. The molecule has 0 fully saturated rings. The van der Waals surface area contributed by atoms with Crippen LogP contribution in [0.2, 0.25) is 5.02 Å². The van der Waals surface area contributed by atoms with Gasteiger partial charge in [0.2, 0.25) is 5.88 Å². The van der Waals surface area contributed by atoms with Gasteiger partial charge in [-0.15, -0.1) is 0 Å². The first kappa shape index (κ1) is 23.4. The summed E-state index contributed by atoms with van der Waals surface area (Å²) < 4.78 is 18.3. The van der Waals surface area contributed by atoms with Crippen molar-refractivity contribution in [3.8, 4) is 17.4 Å². The van der Waals surface area contributed by atoms with Crippen LogP contribution in [0.25, 0.3) is 0 Å². The van der Waals surface area contributed by atoms with Gasteiger partial charge in [0.1, 0.15) is 6.61 Å². The van der Waals surface area contributed by atoms with Gasteiger partial charge in [-0.25, -0.2) is 4.98 Å². The van der Waals surface area contributed by atoms with E-state index in [0.717, 1.165) is 28.6 Å². The summed E-state index contributed by atoms with van der Waals surface area (Å²) in [5.41, 5.74) is 2.03. The average molecular weight is 506 g/mol. The van der Waals surface area contributed by atoms with Crippen LogP contribution in [0.15, 0.2) is 65.3 Å². The second-order valence-electron chi connectivity index (χ2n) is 6.76. The molecule has 0 aliphatic heterocycles. The van der Waals surface area contributed by atoms with Crippen LogP contribution < -0.4 is 19.5 Å². The largest absolute Gasteiger partial charge is 0.490 e. The molecule has 0 saturated carbocycles. The van der Waals surface area contributed by atoms with Crippen LogP contribution in [0.5, 0.6) is 17.4 Å². The summed E-state index contributed by atoms with van der Waals surface area (Å²) in [7, 11) is 0. The van der Waals surface area contributed by atoms with Crippen molar-refractivity contribution < 1.29 is 14.2 Å². The van der Waals surface area contributed by atoms with Gasteiger partial charge in [0, 0.05) is 29.4 Å². The summed E-state index contributed by atoms with van der Waals surface area (Å²) in [5, 5.41) is 4.12. The van der Waals surface area contributed by atoms with E-state index in [4.69, 9.17) is 25.8 Å². The van der Waals surface area contributed by atoms with Crippen LogP contribution in [0.3, 0.4) is 0 Å². The second-order valence-corrected chi connectivity index (χ2v) is 8.03. The first-order chi connectivity index (χ1) is 15.2. The number of benzene rings is 2. The van der Waals surface area contributed by atoms with E-state index in [1.54, 1.807) is 6.20 Å². The minimum absolute atomic E-state index is 0.367. The summed E-state index contributed by atoms with van der Waals surface area (Å²) in [4.78, 5) is 4.15. The summed E-state index contributed by atoms with van der Waals surface area (Å²) in [6.45, 7) is 5.04. The number of rotatable bonds is 12. The highest BCUT2D eigenvalue weighted by Crippen LogP contribution is 2.37. The number of pyridine rings is 1. The lowest BCUT2D eigenvalue weighted by Crippen LogP contribution is -2.17. The van der Waals surface area contributed by atoms with Gasteiger partial charge >= 0.3 is 0 Å². The zero-order valence-electron chi connectivity index (χ0n) is 17.4. The van der Waals surface area contributed by atoms with E-state index in [-0.39, 0.29) is 0 Å². The Kier molecular flexibility index (Phi) is 9.46. The van der Waals surface area contributed by atoms with Crippen LogP contribution in [-0.2, 0) is 13.2 Å². The average Bonchev–Trinajstić information content (AvgIpc) is 2.77. The molecule has 1 heterocycles. The molecule has 3 aromatic rings. The Balaban J connectivity index is 1.52. The molecular weight excluding hydrogens is 480 g/mol. The minimum Gasteiger partial charge on any atom is -0.490 e. The van der Waals surface area contributed by atoms with Gasteiger partial charge in [-0.3, -0.25) is 0 Å². The molecule has 0 aliphatic rings. The molecule has 0 amide bonds. The third-order valence-corrected chi connectivity index (χ3v) is 5.37. The Morgan fingerprint density at radius 2 is 1.87 bits per heavy atom. The third-order valence-electron chi connectivity index (χ3n) is 4.41. The lowest BCUT2D eigenvalue weighted by molar-refractivity contribution is 0.267. The van der Waals surface area contributed by atoms with Crippen molar-refractivity contribution in [3.63, 3.8) is 0 Å². The van der Waals surface area contributed by atoms with Crippen LogP contribution in [-0.4, -0.2) is 24.7 Å². The lowest BCUT2D eigenvalue weighted by Gasteiger charge is -2.16. The molecule has 164 valence electrons. The maximum absolute atomic E-state index is 6.24. The number of halogens is 2. The van der Waals surface area contributed by atoms with Crippen molar-refractivity contribution in [2.24, 2.45) is 0 Å². The Bertz CT molecular complexity index is 957. The molecule has 5 nitrogen and oxygen atoms in total. The molecular formula is C24H26BrClN2O3. The van der Waals surface area contributed by atoms with E-state index in [1.165, 1.54) is 0 Å². The van der Waals surface area contributed by atoms with Gasteiger partial charge in [0.05, 0.1) is 17.7 Å². The highest BCUT2D eigenvalue weighted by atomic mass is 79.9. The van der Waals surface area contributed by atoms with Crippen molar-refractivity contribution in [2.75, 3.05) is 19.8 Å². The molecule has 0 bridgehead atoms. The van der Waals surface area contributed by atoms with Gasteiger partial charge in [-0.05, 0) is 65.6 Å². The van der Waals surface area contributed by atoms with Crippen molar-refractivity contribution in [2.45, 2.75) is 26.5 Å². The van der Waals surface area contributed by atoms with Crippen LogP contribution in [0.1, 0.15) is 24.5 Å². The highest BCUT2D eigenvalue weighted by molar-refractivity contribution is 9.10. The summed E-state index contributed by atoms with van der Waals surface area (Å²) in [6.07, 6.45) is 2.61. The maximum Gasteiger partial charge on any atom is 0.213 e. The topological polar surface area (TPSA) is 52.6 Å². The van der Waals surface area contributed by atoms with Crippen LogP contribution in [0.4, 0.5) is 0 Å². The predicted molar refractivity (Wildman–Crippen MR) is 127 cm³/mol. The van der Waals surface area contributed by atoms with Crippen molar-refractivity contribution in [1.29, 1.82) is 0 Å². The molecule has 0 radical (unpaired) electrons. The fraction of sp³-hybridized carbons (Fsp3) is 0.292. The SMILES string of the molecule is CCOc1cc(CNCCCOc2ccccn2)cc(Br)c1OCc1ccccc1Cl. The fourth-order valence-corrected chi connectivity index (χ4v) is 3.73. The molecule has 0 saturated heterocycles. The predicted octanol–water partition coefficient (Wildman–Crippen LogP) is 6.03. The Morgan fingerprint density at radius 3 is 2.65 bits per heavy atom. The molecule has 31 heavy (non-hydrogen) atoms. The van der Waals surface area contributed by atoms with Crippen molar-refractivity contribution in [3.05, 3.63) is 81.4 Å². The molecule has 0 atom stereocenters. The number of nitrogens with one attached hydrogen (secondary N) is 1. The van der Waals surface area contributed by atoms with Crippen LogP contribution >= 0.6 is 27.5 Å². The lowest BCUT2D eigenvalue weighted by atomic mass is 10.2. The van der Waals surface area contributed by atoms with Gasteiger partial charge < -0.3 is 19.5 Å². The normalized spacial score (nSPS) is 10.7. The number of nitrogens with zero attached hydrogens (tertiary/aromatic N) is 1.